The van der Waals surface area contributed by atoms with Gasteiger partial charge in [0.15, 0.2) is 5.82 Å². The summed E-state index contributed by atoms with van der Waals surface area (Å²) in [4.78, 5) is 36.2. The molecule has 35 heavy (non-hydrogen) atoms. The van der Waals surface area contributed by atoms with Gasteiger partial charge in [-0.15, -0.1) is 0 Å². The lowest BCUT2D eigenvalue weighted by Gasteiger charge is -2.41. The first-order valence-corrected chi connectivity index (χ1v) is 11.3. The summed E-state index contributed by atoms with van der Waals surface area (Å²) >= 11 is 0. The fourth-order valence-electron chi connectivity index (χ4n) is 4.30. The second kappa shape index (κ2) is 8.95. The Kier molecular flexibility index (Phi) is 5.81. The third-order valence-corrected chi connectivity index (χ3v) is 6.46. The van der Waals surface area contributed by atoms with Crippen molar-refractivity contribution < 1.29 is 18.7 Å². The molecular weight excluding hydrogens is 451 g/mol. The van der Waals surface area contributed by atoms with Crippen molar-refractivity contribution >= 4 is 35.0 Å². The van der Waals surface area contributed by atoms with Gasteiger partial charge in [-0.1, -0.05) is 12.1 Å². The predicted molar refractivity (Wildman–Crippen MR) is 130 cm³/mol. The van der Waals surface area contributed by atoms with Gasteiger partial charge in [0, 0.05) is 37.9 Å². The highest BCUT2D eigenvalue weighted by Gasteiger charge is 2.50. The number of likely N-dealkylation sites (N-methyl/N-ethyl adjacent to an activating group) is 1. The third-order valence-electron chi connectivity index (χ3n) is 6.46. The Morgan fingerprint density at radius 2 is 1.91 bits per heavy atom. The van der Waals surface area contributed by atoms with Crippen molar-refractivity contribution in [2.45, 2.75) is 25.4 Å². The van der Waals surface area contributed by atoms with Crippen molar-refractivity contribution in [3.63, 3.8) is 0 Å². The molecule has 0 aliphatic carbocycles. The molecule has 180 valence electrons. The summed E-state index contributed by atoms with van der Waals surface area (Å²) in [7, 11) is 1.86. The predicted octanol–water partition coefficient (Wildman–Crippen LogP) is 3.34. The van der Waals surface area contributed by atoms with Crippen LogP contribution in [-0.4, -0.2) is 47.6 Å². The second-order valence-electron chi connectivity index (χ2n) is 8.69. The maximum absolute atomic E-state index is 13.1. The molecule has 2 amide bonds. The van der Waals surface area contributed by atoms with Crippen molar-refractivity contribution in [1.29, 1.82) is 0 Å². The van der Waals surface area contributed by atoms with Crippen LogP contribution in [0, 0.1) is 12.7 Å². The van der Waals surface area contributed by atoms with Gasteiger partial charge >= 0.3 is 0 Å². The molecule has 2 aromatic carbocycles. The fourth-order valence-corrected chi connectivity index (χ4v) is 4.30. The Labute approximate surface area is 201 Å². The highest BCUT2D eigenvalue weighted by Crippen LogP contribution is 2.40. The van der Waals surface area contributed by atoms with Crippen LogP contribution in [0.2, 0.25) is 0 Å². The molecular formula is C25H25FN6O3. The SMILES string of the molecule is Cc1nc(NCc2ccc(NC(=O)c3ccc(F)cc3)cc2)nc2c1NC(=O)C1(CCOC1)N2C. The van der Waals surface area contributed by atoms with Gasteiger partial charge in [0.05, 0.1) is 12.3 Å². The maximum atomic E-state index is 13.1. The number of aryl methyl sites for hydroxylation is 1. The Balaban J connectivity index is 1.26. The Hall–Kier alpha value is -4.05. The average molecular weight is 477 g/mol. The molecule has 0 radical (unpaired) electrons. The van der Waals surface area contributed by atoms with Gasteiger partial charge in [-0.2, -0.15) is 4.98 Å². The third kappa shape index (κ3) is 4.28. The van der Waals surface area contributed by atoms with Crippen molar-refractivity contribution in [2.75, 3.05) is 41.1 Å². The minimum atomic E-state index is -0.751. The molecule has 2 aliphatic heterocycles. The summed E-state index contributed by atoms with van der Waals surface area (Å²) < 4.78 is 18.6. The summed E-state index contributed by atoms with van der Waals surface area (Å²) in [5.74, 6) is 0.315. The van der Waals surface area contributed by atoms with Crippen LogP contribution < -0.4 is 20.9 Å². The molecule has 1 aromatic heterocycles. The second-order valence-corrected chi connectivity index (χ2v) is 8.69. The zero-order chi connectivity index (χ0) is 24.6. The monoisotopic (exact) mass is 476 g/mol. The van der Waals surface area contributed by atoms with Crippen molar-refractivity contribution in [2.24, 2.45) is 0 Å². The molecule has 2 aliphatic rings. The van der Waals surface area contributed by atoms with E-state index < -0.39 is 5.54 Å². The zero-order valence-electron chi connectivity index (χ0n) is 19.4. The smallest absolute Gasteiger partial charge is 0.255 e. The van der Waals surface area contributed by atoms with E-state index in [2.05, 4.69) is 25.9 Å². The van der Waals surface area contributed by atoms with Crippen LogP contribution in [0.1, 0.15) is 28.0 Å². The Morgan fingerprint density at radius 1 is 1.17 bits per heavy atom. The van der Waals surface area contributed by atoms with E-state index in [-0.39, 0.29) is 17.6 Å². The van der Waals surface area contributed by atoms with E-state index in [4.69, 9.17) is 4.74 Å². The van der Waals surface area contributed by atoms with E-state index in [1.165, 1.54) is 24.3 Å². The number of carbonyl (C=O) groups excluding carboxylic acids is 2. The summed E-state index contributed by atoms with van der Waals surface area (Å²) in [6, 6.07) is 12.7. The number of halogens is 1. The molecule has 5 rings (SSSR count). The molecule has 1 fully saturated rings. The quantitative estimate of drug-likeness (QED) is 0.518. The van der Waals surface area contributed by atoms with Crippen molar-refractivity contribution in [1.82, 2.24) is 9.97 Å². The molecule has 3 N–H and O–H groups in total. The number of nitrogens with zero attached hydrogens (tertiary/aromatic N) is 3. The first kappa shape index (κ1) is 22.7. The summed E-state index contributed by atoms with van der Waals surface area (Å²) in [5.41, 5.74) is 2.51. The maximum Gasteiger partial charge on any atom is 0.255 e. The van der Waals surface area contributed by atoms with Gasteiger partial charge in [0.2, 0.25) is 5.95 Å². The van der Waals surface area contributed by atoms with Crippen LogP contribution in [0.25, 0.3) is 0 Å². The summed E-state index contributed by atoms with van der Waals surface area (Å²) in [5, 5.41) is 9.00. The van der Waals surface area contributed by atoms with E-state index in [9.17, 15) is 14.0 Å². The van der Waals surface area contributed by atoms with E-state index >= 15 is 0 Å². The average Bonchev–Trinajstić information content (AvgIpc) is 3.35. The number of hydrogen-bond acceptors (Lipinski definition) is 7. The standard InChI is InChI=1S/C25H25FN6O3/c1-15-20-21(32(2)25(23(34)30-20)11-12-35-14-25)31-24(28-15)27-13-16-3-9-19(10-4-16)29-22(33)17-5-7-18(26)8-6-17/h3-10H,11-14H2,1-2H3,(H,29,33)(H,30,34)(H,27,28,31). The fraction of sp³-hybridized carbons (Fsp3) is 0.280. The highest BCUT2D eigenvalue weighted by atomic mass is 19.1. The van der Waals surface area contributed by atoms with Crippen LogP contribution in [0.4, 0.5) is 27.5 Å². The first-order chi connectivity index (χ1) is 16.9. The van der Waals surface area contributed by atoms with Crippen LogP contribution in [0.15, 0.2) is 48.5 Å². The number of benzene rings is 2. The zero-order valence-corrected chi connectivity index (χ0v) is 19.4. The number of fused-ring (bicyclic) bond motifs is 1. The van der Waals surface area contributed by atoms with Crippen LogP contribution in [0.5, 0.6) is 0 Å². The molecule has 1 atom stereocenters. The van der Waals surface area contributed by atoms with Gasteiger partial charge in [-0.3, -0.25) is 9.59 Å². The lowest BCUT2D eigenvalue weighted by molar-refractivity contribution is -0.121. The molecule has 3 heterocycles. The molecule has 1 saturated heterocycles. The number of aromatic nitrogens is 2. The van der Waals surface area contributed by atoms with Crippen LogP contribution in [0.3, 0.4) is 0 Å². The van der Waals surface area contributed by atoms with E-state index in [1.807, 2.05) is 31.0 Å². The number of hydrogen-bond donors (Lipinski definition) is 3. The van der Waals surface area contributed by atoms with Gasteiger partial charge < -0.3 is 25.6 Å². The topological polar surface area (TPSA) is 108 Å². The number of carbonyl (C=O) groups is 2. The molecule has 9 nitrogen and oxygen atoms in total. The largest absolute Gasteiger partial charge is 0.378 e. The molecule has 1 unspecified atom stereocenters. The van der Waals surface area contributed by atoms with Crippen molar-refractivity contribution in [3.05, 3.63) is 71.2 Å². The molecule has 3 aromatic rings. The summed E-state index contributed by atoms with van der Waals surface area (Å²) in [6.45, 7) is 3.16. The van der Waals surface area contributed by atoms with Crippen molar-refractivity contribution in [3.8, 4) is 0 Å². The number of anilines is 4. The molecule has 1 spiro atoms. The summed E-state index contributed by atoms with van der Waals surface area (Å²) in [6.07, 6.45) is 0.602. The molecule has 10 heteroatoms. The lowest BCUT2D eigenvalue weighted by Crippen LogP contribution is -2.59. The minimum absolute atomic E-state index is 0.0935. The van der Waals surface area contributed by atoms with E-state index in [0.29, 0.717) is 60.6 Å². The van der Waals surface area contributed by atoms with Gasteiger partial charge in [0.1, 0.15) is 17.0 Å². The minimum Gasteiger partial charge on any atom is -0.378 e. The number of nitrogens with one attached hydrogen (secondary N) is 3. The number of rotatable bonds is 5. The van der Waals surface area contributed by atoms with Gasteiger partial charge in [-0.05, 0) is 48.9 Å². The lowest BCUT2D eigenvalue weighted by atomic mass is 9.93. The first-order valence-electron chi connectivity index (χ1n) is 11.3. The highest BCUT2D eigenvalue weighted by molar-refractivity contribution is 6.07. The molecule has 0 bridgehead atoms. The molecule has 0 saturated carbocycles. The normalized spacial score (nSPS) is 18.8. The Morgan fingerprint density at radius 3 is 2.60 bits per heavy atom. The van der Waals surface area contributed by atoms with E-state index in [1.54, 1.807) is 12.1 Å². The van der Waals surface area contributed by atoms with Crippen LogP contribution in [-0.2, 0) is 16.1 Å². The van der Waals surface area contributed by atoms with Gasteiger partial charge in [0.25, 0.3) is 11.8 Å². The van der Waals surface area contributed by atoms with Crippen LogP contribution >= 0.6 is 0 Å². The number of ether oxygens (including phenoxy) is 1. The Bertz CT molecular complexity index is 1270. The number of amides is 2. The van der Waals surface area contributed by atoms with Gasteiger partial charge in [-0.25, -0.2) is 9.37 Å². The van der Waals surface area contributed by atoms with E-state index in [0.717, 1.165) is 5.56 Å².